The van der Waals surface area contributed by atoms with Crippen molar-refractivity contribution in [3.63, 3.8) is 0 Å². The summed E-state index contributed by atoms with van der Waals surface area (Å²) in [6.07, 6.45) is 31.3. The number of esters is 1. The fourth-order valence-electron chi connectivity index (χ4n) is 15.6. The van der Waals surface area contributed by atoms with E-state index in [1.807, 2.05) is 102 Å². The number of benzene rings is 8. The van der Waals surface area contributed by atoms with Gasteiger partial charge in [0, 0.05) is 110 Å². The number of ether oxygens (including phenoxy) is 11. The van der Waals surface area contributed by atoms with Crippen molar-refractivity contribution >= 4 is 210 Å². The number of aromatic nitrogens is 2. The molecular formula is C114H152BBr5Cl5N3O17S2-2. The number of Topliss-reactive ketones (excluding diaryl/α,β-unsaturated/α-hetero) is 2. The molecule has 0 spiro atoms. The number of alkyl halides is 1. The van der Waals surface area contributed by atoms with E-state index < -0.39 is 12.1 Å². The quantitative estimate of drug-likeness (QED) is 0.00608. The van der Waals surface area contributed by atoms with Gasteiger partial charge in [0.25, 0.3) is 0 Å². The molecule has 2 aromatic heterocycles. The minimum Gasteiger partial charge on any atom is -0.496 e. The first-order valence-corrected chi connectivity index (χ1v) is 56.6. The monoisotopic (exact) mass is 2480 g/mol. The van der Waals surface area contributed by atoms with Crippen LogP contribution in [0.1, 0.15) is 311 Å². The summed E-state index contributed by atoms with van der Waals surface area (Å²) in [6, 6.07) is 41.8. The second-order valence-electron chi connectivity index (χ2n) is 33.6. The van der Waals surface area contributed by atoms with Crippen LogP contribution in [0.15, 0.2) is 178 Å². The van der Waals surface area contributed by atoms with E-state index in [1.54, 1.807) is 109 Å². The molecule has 5 unspecified atom stereocenters. The topological polar surface area (TPSA) is 262 Å². The van der Waals surface area contributed by atoms with Crippen molar-refractivity contribution in [2.75, 3.05) is 89.3 Å². The highest BCUT2D eigenvalue weighted by molar-refractivity contribution is 9.11. The van der Waals surface area contributed by atoms with Crippen LogP contribution in [0.5, 0.6) is 34.5 Å². The summed E-state index contributed by atoms with van der Waals surface area (Å²) in [5, 5.41) is 25.7. The van der Waals surface area contributed by atoms with Gasteiger partial charge >= 0.3 is 11.9 Å². The molecule has 33 heteroatoms. The van der Waals surface area contributed by atoms with Gasteiger partial charge in [-0.25, -0.2) is 19.6 Å². The highest BCUT2D eigenvalue weighted by atomic mass is 79.9. The summed E-state index contributed by atoms with van der Waals surface area (Å²) in [7, 11) is 16.8. The zero-order valence-electron chi connectivity index (χ0n) is 87.8. The molecule has 0 amide bonds. The number of thiazole rings is 2. The minimum atomic E-state index is -1.08. The third-order valence-electron chi connectivity index (χ3n) is 23.2. The first-order chi connectivity index (χ1) is 69.7. The Morgan fingerprint density at radius 1 is 0.415 bits per heavy atom. The Balaban J connectivity index is 0.000000599. The SMILES string of the molecule is CCCCCCC(O)c1cccc(Br)c1OC.CCCCCCC(OC)c1cccc(-c2csc(CC(=O)c3cc(Cl)c(/C=C(\C)C(=O)O)c(Cl)c3)n2)c1OC.CCCCCCC(OC)c1cccc(-c2csc(N)n2)c1OC.CCCCCCC(OC)c1cccc(Br)c1OC.CCCCCCC(OC)c1cccc(C(=O)CCl)c1OC.CCOC(=O)/C(C)=C/c1c(Cl)cc(Br)cc1Cl.COc1c(Br)cccc1Br.[BH4-].[CH3-]. The van der Waals surface area contributed by atoms with Gasteiger partial charge < -0.3 is 75.5 Å². The van der Waals surface area contributed by atoms with Gasteiger partial charge in [-0.05, 0) is 195 Å². The maximum Gasteiger partial charge on any atom is 0.333 e. The molecular weight excluding hydrogens is 2330 g/mol. The van der Waals surface area contributed by atoms with Crippen LogP contribution in [0.2, 0.25) is 20.1 Å². The van der Waals surface area contributed by atoms with Crippen molar-refractivity contribution in [1.82, 2.24) is 9.97 Å². The van der Waals surface area contributed by atoms with E-state index in [1.165, 1.54) is 151 Å². The number of aliphatic carboxylic acids is 1. The van der Waals surface area contributed by atoms with Gasteiger partial charge in [-0.15, -0.1) is 34.3 Å². The number of hydrogen-bond acceptors (Lipinski definition) is 21. The van der Waals surface area contributed by atoms with E-state index >= 15 is 0 Å². The summed E-state index contributed by atoms with van der Waals surface area (Å²) in [6.45, 7) is 16.2. The lowest BCUT2D eigenvalue weighted by Gasteiger charge is -2.20. The van der Waals surface area contributed by atoms with Gasteiger partial charge in [-0.3, -0.25) is 9.59 Å². The van der Waals surface area contributed by atoms with Gasteiger partial charge in [0.05, 0.1) is 147 Å². The molecule has 4 N–H and O–H groups in total. The number of carboxylic acid groups (broad SMARTS) is 1. The third kappa shape index (κ3) is 46.1. The van der Waals surface area contributed by atoms with Gasteiger partial charge in [0.2, 0.25) is 0 Å². The van der Waals surface area contributed by atoms with Crippen molar-refractivity contribution in [2.45, 2.75) is 253 Å². The zero-order valence-corrected chi connectivity index (χ0v) is 101. The standard InChI is InChI=1S/C30H33Cl2NO5S.C18H26N2O2S.C17H25ClO3.C15H23BrO2.C14H21BrO2.C12H11BrCl2O2.C7H6Br2O.CH3.BH4/c1-5-6-7-8-12-27(37-3)21-11-9-10-20(29(21)38-4)25-17-39-28(33-25)16-26(34)19-14-23(31)22(24(32)15-19)13-18(2)30(35)36;1-4-5-6-7-11-16(21-2)14-10-8-9-13(17(14)22-3)15-12-23-18(19)20-15;1-4-5-6-7-11-16(20-2)14-10-8-9-13(15(19)12-18)17(14)21-3;1-4-5-6-7-11-14(17-2)12-9-8-10-13(16)15(12)18-3;1-3-4-5-6-10-13(16)11-8-7-9-12(15)14(11)17-2;1-3-17-12(16)7(2)4-9-10(14)5-8(13)6-11(9)15;1-10-7-5(8)3-2-4-6(7)9;;/h9-11,13-15,17,27H,5-8,12,16H2,1-4H3,(H,35,36);8-10,12,16H,4-7,11H2,1-3H3,(H2,19,20);8-10,16H,4-7,11-12H2,1-3H3;8-10,14H,4-7,11H2,1-3H3;7-9,13,16H,3-6,10H2,1-2H3;4-6H,3H2,1-2H3;2-4H,1H3;1H3;1H4/q;;;;;;;2*-1/b18-13+;;;;;7-4+;;;. The molecule has 20 nitrogen and oxygen atoms in total. The molecule has 10 aromatic rings. The molecule has 5 atom stereocenters. The average molecular weight is 2490 g/mol. The molecule has 10 rings (SSSR count). The normalized spacial score (nSPS) is 11.9. The third-order valence-corrected chi connectivity index (χ3v) is 29.2. The number of carbonyl (C=O) groups excluding carboxylic acids is 3. The Morgan fingerprint density at radius 2 is 0.748 bits per heavy atom. The van der Waals surface area contributed by atoms with Crippen molar-refractivity contribution in [3.8, 4) is 57.0 Å². The van der Waals surface area contributed by atoms with Crippen LogP contribution in [-0.2, 0) is 39.7 Å². The summed E-state index contributed by atoms with van der Waals surface area (Å²) < 4.78 is 65.1. The Morgan fingerprint density at radius 3 is 1.11 bits per heavy atom. The minimum absolute atomic E-state index is 0. The van der Waals surface area contributed by atoms with Crippen LogP contribution in [0.4, 0.5) is 5.13 Å². The maximum absolute atomic E-state index is 13.1. The molecule has 147 heavy (non-hydrogen) atoms. The number of nitrogens with two attached hydrogens (primary N) is 1. The maximum atomic E-state index is 13.1. The molecule has 0 fully saturated rings. The van der Waals surface area contributed by atoms with E-state index in [-0.39, 0.29) is 85.7 Å². The number of anilines is 1. The fourth-order valence-corrected chi connectivity index (χ4v) is 21.4. The van der Waals surface area contributed by atoms with Crippen molar-refractivity contribution in [1.29, 1.82) is 0 Å². The Hall–Kier alpha value is -6.91. The molecule has 0 saturated carbocycles. The number of methoxy groups -OCH3 is 10. The van der Waals surface area contributed by atoms with Gasteiger partial charge in [0.15, 0.2) is 16.7 Å². The first kappa shape index (κ1) is 136. The molecule has 812 valence electrons. The Labute approximate surface area is 951 Å². The van der Waals surface area contributed by atoms with E-state index in [2.05, 4.69) is 131 Å². The number of carboxylic acids is 1. The molecule has 2 heterocycles. The number of carbonyl (C=O) groups is 4. The van der Waals surface area contributed by atoms with E-state index in [0.29, 0.717) is 60.4 Å². The number of para-hydroxylation sites is 6. The van der Waals surface area contributed by atoms with E-state index in [9.17, 15) is 24.3 Å². The highest BCUT2D eigenvalue weighted by Gasteiger charge is 2.27. The summed E-state index contributed by atoms with van der Waals surface area (Å²) in [5.74, 6) is 2.80. The molecule has 8 aromatic carbocycles. The second kappa shape index (κ2) is 77.4. The van der Waals surface area contributed by atoms with Gasteiger partial charge in [-0.2, -0.15) is 0 Å². The number of rotatable bonds is 52. The average Bonchev–Trinajstić information content (AvgIpc) is 1.79. The lowest BCUT2D eigenvalue weighted by Crippen LogP contribution is -2.09. The summed E-state index contributed by atoms with van der Waals surface area (Å²) in [5.41, 5.74) is 16.5. The predicted octanol–water partition coefficient (Wildman–Crippen LogP) is 35.0. The molecule has 0 aliphatic carbocycles. The Bertz CT molecular complexity index is 5560. The number of hydrogen-bond donors (Lipinski definition) is 3. The molecule has 0 radical (unpaired) electrons. The molecule has 0 aliphatic rings. The van der Waals surface area contributed by atoms with E-state index in [4.69, 9.17) is 126 Å². The van der Waals surface area contributed by atoms with Crippen LogP contribution in [-0.4, -0.2) is 136 Å². The number of unbranched alkanes of at least 4 members (excludes halogenated alkanes) is 15. The number of ketones is 2. The lowest BCUT2D eigenvalue weighted by molar-refractivity contribution is -0.138. The smallest absolute Gasteiger partial charge is 0.333 e. The molecule has 0 saturated heterocycles. The lowest BCUT2D eigenvalue weighted by atomic mass is 9.98. The summed E-state index contributed by atoms with van der Waals surface area (Å²) >= 11 is 50.2. The van der Waals surface area contributed by atoms with Crippen LogP contribution in [0, 0.1) is 7.43 Å². The summed E-state index contributed by atoms with van der Waals surface area (Å²) in [4.78, 5) is 56.7. The largest absolute Gasteiger partial charge is 0.496 e. The van der Waals surface area contributed by atoms with Gasteiger partial charge in [-0.1, -0.05) is 301 Å². The Kier molecular flexibility index (Phi) is 71.7. The second-order valence-corrected chi connectivity index (χ2v) is 41.7. The zero-order chi connectivity index (χ0) is 107. The van der Waals surface area contributed by atoms with Crippen molar-refractivity contribution in [2.24, 2.45) is 0 Å². The fraction of sp³-hybridized carbons (Fsp3) is 0.447. The number of aliphatic hydroxyl groups excluding tert-OH is 1. The predicted molar refractivity (Wildman–Crippen MR) is 636 cm³/mol. The van der Waals surface area contributed by atoms with Gasteiger partial charge in [0.1, 0.15) is 39.5 Å². The first-order valence-electron chi connectivity index (χ1n) is 48.9. The number of nitrogen functional groups attached to an aromatic ring is 1. The number of halogens is 10. The number of aliphatic hydroxyl groups is 1. The number of nitrogens with zero attached hydrogens (tertiary/aromatic N) is 2. The van der Waals surface area contributed by atoms with E-state index in [0.717, 1.165) is 159 Å². The van der Waals surface area contributed by atoms with Crippen LogP contribution in [0.25, 0.3) is 34.7 Å². The molecule has 0 bridgehead atoms. The van der Waals surface area contributed by atoms with Crippen LogP contribution < -0.4 is 34.2 Å². The molecule has 0 aliphatic heterocycles. The van der Waals surface area contributed by atoms with Crippen molar-refractivity contribution in [3.05, 3.63) is 260 Å². The highest BCUT2D eigenvalue weighted by Crippen LogP contribution is 2.45. The van der Waals surface area contributed by atoms with Crippen LogP contribution >= 0.6 is 160 Å². The van der Waals surface area contributed by atoms with Crippen molar-refractivity contribution < 1.29 is 81.5 Å². The van der Waals surface area contributed by atoms with Crippen LogP contribution in [0.3, 0.4) is 0 Å².